The molecule has 0 fully saturated rings. The summed E-state index contributed by atoms with van der Waals surface area (Å²) in [6.45, 7) is 6.48. The van der Waals surface area contributed by atoms with E-state index in [4.69, 9.17) is 28.4 Å². The smallest absolute Gasteiger partial charge is 0.330 e. The van der Waals surface area contributed by atoms with Crippen LogP contribution in [0, 0.1) is 0 Å². The van der Waals surface area contributed by atoms with Gasteiger partial charge < -0.3 is 28.4 Å². The first-order chi connectivity index (χ1) is 14.3. The number of ether oxygens (including phenoxy) is 6. The van der Waals surface area contributed by atoms with Crippen LogP contribution in [-0.4, -0.2) is 72.5 Å². The van der Waals surface area contributed by atoms with Gasteiger partial charge in [-0.05, 0) is 30.2 Å². The van der Waals surface area contributed by atoms with Crippen LogP contribution in [0.5, 0.6) is 5.75 Å². The molecule has 0 atom stereocenters. The van der Waals surface area contributed by atoms with Crippen LogP contribution >= 0.6 is 0 Å². The van der Waals surface area contributed by atoms with Gasteiger partial charge in [-0.15, -0.1) is 0 Å². The molecule has 0 saturated heterocycles. The second-order valence-electron chi connectivity index (χ2n) is 6.10. The zero-order valence-electron chi connectivity index (χ0n) is 17.6. The molecule has 1 aromatic carbocycles. The SMILES string of the molecule is CCCCOc1ccc(/C=C/C(=O)OCCOCCOCCOCCOC)cc1. The molecule has 1 aromatic rings. The van der Waals surface area contributed by atoms with Crippen molar-refractivity contribution in [3.05, 3.63) is 35.9 Å². The van der Waals surface area contributed by atoms with Crippen molar-refractivity contribution >= 4 is 12.0 Å². The van der Waals surface area contributed by atoms with E-state index in [2.05, 4.69) is 6.92 Å². The number of methoxy groups -OCH3 is 1. The summed E-state index contributed by atoms with van der Waals surface area (Å²) in [6, 6.07) is 7.58. The predicted molar refractivity (Wildman–Crippen MR) is 111 cm³/mol. The molecule has 0 radical (unpaired) electrons. The van der Waals surface area contributed by atoms with Crippen LogP contribution < -0.4 is 4.74 Å². The van der Waals surface area contributed by atoms with Gasteiger partial charge in [-0.2, -0.15) is 0 Å². The summed E-state index contributed by atoms with van der Waals surface area (Å²) in [5.74, 6) is 0.430. The molecule has 0 saturated carbocycles. The highest BCUT2D eigenvalue weighted by molar-refractivity contribution is 5.87. The summed E-state index contributed by atoms with van der Waals surface area (Å²) in [5, 5.41) is 0. The fraction of sp³-hybridized carbons (Fsp3) is 0.591. The zero-order chi connectivity index (χ0) is 21.0. The van der Waals surface area contributed by atoms with Gasteiger partial charge in [-0.25, -0.2) is 4.79 Å². The lowest BCUT2D eigenvalue weighted by Gasteiger charge is -2.07. The van der Waals surface area contributed by atoms with Crippen molar-refractivity contribution in [2.75, 3.05) is 66.6 Å². The maximum absolute atomic E-state index is 11.7. The summed E-state index contributed by atoms with van der Waals surface area (Å²) in [4.78, 5) is 11.7. The highest BCUT2D eigenvalue weighted by atomic mass is 16.6. The Morgan fingerprint density at radius 2 is 1.41 bits per heavy atom. The van der Waals surface area contributed by atoms with E-state index in [1.807, 2.05) is 24.3 Å². The third-order valence-electron chi connectivity index (χ3n) is 3.71. The molecule has 0 spiro atoms. The van der Waals surface area contributed by atoms with E-state index in [1.54, 1.807) is 13.2 Å². The van der Waals surface area contributed by atoms with Crippen molar-refractivity contribution in [3.8, 4) is 5.75 Å². The molecule has 0 unspecified atom stereocenters. The Morgan fingerprint density at radius 1 is 0.828 bits per heavy atom. The highest BCUT2D eigenvalue weighted by Gasteiger charge is 1.98. The molecule has 0 aliphatic rings. The number of benzene rings is 1. The molecule has 1 rings (SSSR count). The highest BCUT2D eigenvalue weighted by Crippen LogP contribution is 2.13. The van der Waals surface area contributed by atoms with Crippen molar-refractivity contribution in [2.24, 2.45) is 0 Å². The minimum atomic E-state index is -0.402. The van der Waals surface area contributed by atoms with Gasteiger partial charge in [-0.3, -0.25) is 0 Å². The van der Waals surface area contributed by atoms with Crippen LogP contribution in [0.4, 0.5) is 0 Å². The van der Waals surface area contributed by atoms with Crippen LogP contribution in [0.25, 0.3) is 6.08 Å². The van der Waals surface area contributed by atoms with E-state index in [0.717, 1.165) is 30.8 Å². The molecule has 0 heterocycles. The van der Waals surface area contributed by atoms with Crippen LogP contribution in [0.3, 0.4) is 0 Å². The van der Waals surface area contributed by atoms with E-state index in [1.165, 1.54) is 6.08 Å². The summed E-state index contributed by atoms with van der Waals surface area (Å²) in [6.07, 6.45) is 5.25. The van der Waals surface area contributed by atoms with Gasteiger partial charge in [0.25, 0.3) is 0 Å². The maximum Gasteiger partial charge on any atom is 0.330 e. The summed E-state index contributed by atoms with van der Waals surface area (Å²) >= 11 is 0. The first-order valence-corrected chi connectivity index (χ1v) is 10.1. The second-order valence-corrected chi connectivity index (χ2v) is 6.10. The first kappa shape index (κ1) is 25.1. The number of hydrogen-bond donors (Lipinski definition) is 0. The molecule has 0 aliphatic carbocycles. The van der Waals surface area contributed by atoms with Gasteiger partial charge in [0.05, 0.1) is 52.9 Å². The largest absolute Gasteiger partial charge is 0.494 e. The van der Waals surface area contributed by atoms with Crippen LogP contribution in [0.2, 0.25) is 0 Å². The van der Waals surface area contributed by atoms with E-state index in [0.29, 0.717) is 46.2 Å². The summed E-state index contributed by atoms with van der Waals surface area (Å²) in [5.41, 5.74) is 0.907. The Hall–Kier alpha value is -1.93. The minimum absolute atomic E-state index is 0.202. The van der Waals surface area contributed by atoms with Gasteiger partial charge in [0.2, 0.25) is 0 Å². The standard InChI is InChI=1S/C22H34O7/c1-3-4-11-28-21-8-5-20(6-9-21)7-10-22(23)29-19-18-27-17-16-26-15-14-25-13-12-24-2/h5-10H,3-4,11-19H2,1-2H3/b10-7+. The Morgan fingerprint density at radius 3 is 2.00 bits per heavy atom. The monoisotopic (exact) mass is 410 g/mol. The number of unbranched alkanes of at least 4 members (excludes halogenated alkanes) is 1. The van der Waals surface area contributed by atoms with Gasteiger partial charge in [0.15, 0.2) is 0 Å². The maximum atomic E-state index is 11.7. The summed E-state index contributed by atoms with van der Waals surface area (Å²) in [7, 11) is 1.63. The van der Waals surface area contributed by atoms with Gasteiger partial charge in [0, 0.05) is 13.2 Å². The fourth-order valence-electron chi connectivity index (χ4n) is 2.11. The first-order valence-electron chi connectivity index (χ1n) is 10.1. The molecule has 0 amide bonds. The Bertz CT molecular complexity index is 543. The predicted octanol–water partition coefficient (Wildman–Crippen LogP) is 3.12. The summed E-state index contributed by atoms with van der Waals surface area (Å²) < 4.78 is 31.5. The van der Waals surface area contributed by atoms with E-state index < -0.39 is 5.97 Å². The quantitative estimate of drug-likeness (QED) is 0.209. The average Bonchev–Trinajstić information content (AvgIpc) is 2.74. The van der Waals surface area contributed by atoms with Crippen LogP contribution in [0.15, 0.2) is 30.3 Å². The number of hydrogen-bond acceptors (Lipinski definition) is 7. The number of carbonyl (C=O) groups is 1. The number of esters is 1. The molecular formula is C22H34O7. The lowest BCUT2D eigenvalue weighted by atomic mass is 10.2. The Labute approximate surface area is 173 Å². The fourth-order valence-corrected chi connectivity index (χ4v) is 2.11. The van der Waals surface area contributed by atoms with Crippen molar-refractivity contribution < 1.29 is 33.2 Å². The Kier molecular flexibility index (Phi) is 15.7. The lowest BCUT2D eigenvalue weighted by molar-refractivity contribution is -0.139. The van der Waals surface area contributed by atoms with Crippen molar-refractivity contribution in [1.29, 1.82) is 0 Å². The molecule has 164 valence electrons. The zero-order valence-corrected chi connectivity index (χ0v) is 17.6. The van der Waals surface area contributed by atoms with E-state index in [9.17, 15) is 4.79 Å². The van der Waals surface area contributed by atoms with Crippen molar-refractivity contribution in [3.63, 3.8) is 0 Å². The van der Waals surface area contributed by atoms with Crippen molar-refractivity contribution in [1.82, 2.24) is 0 Å². The molecule has 29 heavy (non-hydrogen) atoms. The number of carbonyl (C=O) groups excluding carboxylic acids is 1. The van der Waals surface area contributed by atoms with E-state index >= 15 is 0 Å². The molecule has 7 heteroatoms. The minimum Gasteiger partial charge on any atom is -0.494 e. The topological polar surface area (TPSA) is 72.5 Å². The Balaban J connectivity index is 2.00. The van der Waals surface area contributed by atoms with Crippen molar-refractivity contribution in [2.45, 2.75) is 19.8 Å². The molecule has 7 nitrogen and oxygen atoms in total. The van der Waals surface area contributed by atoms with Gasteiger partial charge >= 0.3 is 5.97 Å². The normalized spacial score (nSPS) is 11.1. The molecule has 0 bridgehead atoms. The molecular weight excluding hydrogens is 376 g/mol. The van der Waals surface area contributed by atoms with Crippen LogP contribution in [0.1, 0.15) is 25.3 Å². The number of rotatable bonds is 18. The molecule has 0 N–H and O–H groups in total. The average molecular weight is 411 g/mol. The van der Waals surface area contributed by atoms with E-state index in [-0.39, 0.29) is 6.61 Å². The van der Waals surface area contributed by atoms with Gasteiger partial charge in [-0.1, -0.05) is 25.5 Å². The third kappa shape index (κ3) is 14.7. The van der Waals surface area contributed by atoms with Gasteiger partial charge in [0.1, 0.15) is 12.4 Å². The lowest BCUT2D eigenvalue weighted by Crippen LogP contribution is -2.13. The van der Waals surface area contributed by atoms with Crippen LogP contribution in [-0.2, 0) is 28.5 Å². The molecule has 0 aromatic heterocycles. The molecule has 0 aliphatic heterocycles. The second kappa shape index (κ2) is 18.1. The third-order valence-corrected chi connectivity index (χ3v) is 3.71.